The van der Waals surface area contributed by atoms with Crippen LogP contribution in [0.1, 0.15) is 31.9 Å². The predicted octanol–water partition coefficient (Wildman–Crippen LogP) is 2.29. The van der Waals surface area contributed by atoms with Crippen molar-refractivity contribution < 1.29 is 19.6 Å². The number of rotatable bonds is 4. The van der Waals surface area contributed by atoms with E-state index in [-0.39, 0.29) is 24.9 Å². The molecular weight excluding hydrogens is 300 g/mol. The summed E-state index contributed by atoms with van der Waals surface area (Å²) in [6.07, 6.45) is 0.722. The lowest BCUT2D eigenvalue weighted by Crippen LogP contribution is -2.52. The first-order chi connectivity index (χ1) is 10.7. The van der Waals surface area contributed by atoms with Gasteiger partial charge in [0, 0.05) is 23.7 Å². The Bertz CT molecular complexity index is 609. The van der Waals surface area contributed by atoms with Crippen LogP contribution >= 0.6 is 0 Å². The van der Waals surface area contributed by atoms with E-state index in [1.54, 1.807) is 17.0 Å². The fourth-order valence-corrected chi connectivity index (χ4v) is 3.05. The van der Waals surface area contributed by atoms with Gasteiger partial charge in [-0.25, -0.2) is 4.79 Å². The van der Waals surface area contributed by atoms with Gasteiger partial charge in [0.2, 0.25) is 0 Å². The number of ether oxygens (including phenoxy) is 1. The number of hydrogen-bond acceptors (Lipinski definition) is 5. The fourth-order valence-electron chi connectivity index (χ4n) is 3.05. The van der Waals surface area contributed by atoms with Crippen molar-refractivity contribution in [1.82, 2.24) is 4.90 Å². The number of aliphatic hydroxyl groups is 1. The highest BCUT2D eigenvalue weighted by molar-refractivity contribution is 5.69. The Labute approximate surface area is 135 Å². The number of carbonyl (C=O) groups is 1. The molecule has 0 fully saturated rings. The summed E-state index contributed by atoms with van der Waals surface area (Å²) in [5.41, 5.74) is 1.53. The minimum absolute atomic E-state index is 0.0451. The quantitative estimate of drug-likeness (QED) is 0.678. The first kappa shape index (κ1) is 17.2. The number of fused-ring (bicyclic) bond motifs is 1. The van der Waals surface area contributed by atoms with Crippen molar-refractivity contribution in [2.45, 2.75) is 45.2 Å². The van der Waals surface area contributed by atoms with Gasteiger partial charge in [0.05, 0.1) is 11.5 Å². The van der Waals surface area contributed by atoms with Gasteiger partial charge in [-0.3, -0.25) is 15.0 Å². The number of nitro benzene ring substituents is 1. The van der Waals surface area contributed by atoms with Crippen LogP contribution in [-0.4, -0.2) is 45.8 Å². The normalized spacial score (nSPS) is 16.8. The minimum Gasteiger partial charge on any atom is -0.447 e. The van der Waals surface area contributed by atoms with Crippen molar-refractivity contribution in [3.63, 3.8) is 0 Å². The van der Waals surface area contributed by atoms with E-state index in [9.17, 15) is 14.9 Å². The molecular formula is C16H22N2O5. The molecule has 2 rings (SSSR count). The maximum atomic E-state index is 12.3. The second kappa shape index (κ2) is 6.54. The van der Waals surface area contributed by atoms with Gasteiger partial charge in [0.15, 0.2) is 0 Å². The zero-order valence-corrected chi connectivity index (χ0v) is 13.6. The number of amides is 1. The topological polar surface area (TPSA) is 92.9 Å². The van der Waals surface area contributed by atoms with E-state index in [1.807, 2.05) is 20.8 Å². The third-order valence-electron chi connectivity index (χ3n) is 3.91. The molecule has 0 aromatic heterocycles. The Balaban J connectivity index is 2.22. The lowest BCUT2D eigenvalue weighted by Gasteiger charge is -2.39. The van der Waals surface area contributed by atoms with Gasteiger partial charge in [-0.2, -0.15) is 0 Å². The second-order valence-electron chi connectivity index (χ2n) is 6.65. The molecule has 0 spiro atoms. The number of benzene rings is 1. The van der Waals surface area contributed by atoms with Crippen molar-refractivity contribution in [3.8, 4) is 0 Å². The Morgan fingerprint density at radius 2 is 2.04 bits per heavy atom. The SMILES string of the molecule is CC(C)(C)N(C(=O)OCCO)C1Cc2ccc([N+](=O)[O-])cc2C1. The summed E-state index contributed by atoms with van der Waals surface area (Å²) in [4.78, 5) is 24.5. The maximum Gasteiger partial charge on any atom is 0.410 e. The smallest absolute Gasteiger partial charge is 0.410 e. The van der Waals surface area contributed by atoms with Crippen molar-refractivity contribution in [2.24, 2.45) is 0 Å². The number of carbonyl (C=O) groups excluding carboxylic acids is 1. The molecule has 0 aliphatic heterocycles. The third kappa shape index (κ3) is 3.79. The van der Waals surface area contributed by atoms with Gasteiger partial charge in [0.25, 0.3) is 5.69 Å². The zero-order chi connectivity index (χ0) is 17.2. The van der Waals surface area contributed by atoms with Gasteiger partial charge in [-0.05, 0) is 44.7 Å². The highest BCUT2D eigenvalue weighted by atomic mass is 16.6. The summed E-state index contributed by atoms with van der Waals surface area (Å²) >= 11 is 0. The van der Waals surface area contributed by atoms with Gasteiger partial charge in [0.1, 0.15) is 6.61 Å². The largest absolute Gasteiger partial charge is 0.447 e. The summed E-state index contributed by atoms with van der Waals surface area (Å²) in [7, 11) is 0. The molecule has 0 heterocycles. The van der Waals surface area contributed by atoms with Crippen molar-refractivity contribution in [1.29, 1.82) is 0 Å². The number of aliphatic hydroxyl groups excluding tert-OH is 1. The van der Waals surface area contributed by atoms with Gasteiger partial charge < -0.3 is 9.84 Å². The van der Waals surface area contributed by atoms with Crippen LogP contribution in [0.3, 0.4) is 0 Å². The van der Waals surface area contributed by atoms with E-state index in [4.69, 9.17) is 9.84 Å². The highest BCUT2D eigenvalue weighted by Gasteiger charge is 2.38. The molecule has 7 nitrogen and oxygen atoms in total. The molecule has 1 aliphatic rings. The van der Waals surface area contributed by atoms with Crippen molar-refractivity contribution in [2.75, 3.05) is 13.2 Å². The number of nitrogens with zero attached hydrogens (tertiary/aromatic N) is 2. The first-order valence-electron chi connectivity index (χ1n) is 7.57. The zero-order valence-electron chi connectivity index (χ0n) is 13.6. The van der Waals surface area contributed by atoms with Crippen LogP contribution in [0, 0.1) is 10.1 Å². The van der Waals surface area contributed by atoms with Crippen LogP contribution in [0.25, 0.3) is 0 Å². The van der Waals surface area contributed by atoms with Crippen molar-refractivity contribution in [3.05, 3.63) is 39.4 Å². The third-order valence-corrected chi connectivity index (χ3v) is 3.91. The fraction of sp³-hybridized carbons (Fsp3) is 0.562. The molecule has 1 unspecified atom stereocenters. The Hall–Kier alpha value is -2.15. The minimum atomic E-state index is -0.473. The lowest BCUT2D eigenvalue weighted by molar-refractivity contribution is -0.384. The van der Waals surface area contributed by atoms with Gasteiger partial charge >= 0.3 is 6.09 Å². The molecule has 0 saturated carbocycles. The maximum absolute atomic E-state index is 12.3. The monoisotopic (exact) mass is 322 g/mol. The van der Waals surface area contributed by atoms with Crippen LogP contribution in [0.2, 0.25) is 0 Å². The van der Waals surface area contributed by atoms with Crippen molar-refractivity contribution >= 4 is 11.8 Å². The predicted molar refractivity (Wildman–Crippen MR) is 84.3 cm³/mol. The summed E-state index contributed by atoms with van der Waals surface area (Å²) in [5, 5.41) is 19.7. The molecule has 1 aliphatic carbocycles. The Kier molecular flexibility index (Phi) is 4.89. The number of nitro groups is 1. The Morgan fingerprint density at radius 3 is 2.61 bits per heavy atom. The molecule has 0 bridgehead atoms. The van der Waals surface area contributed by atoms with E-state index in [1.165, 1.54) is 6.07 Å². The van der Waals surface area contributed by atoms with E-state index in [0.717, 1.165) is 11.1 Å². The van der Waals surface area contributed by atoms with Crippen LogP contribution < -0.4 is 0 Å². The summed E-state index contributed by atoms with van der Waals surface area (Å²) in [6.45, 7) is 5.48. The first-order valence-corrected chi connectivity index (χ1v) is 7.57. The Morgan fingerprint density at radius 1 is 1.39 bits per heavy atom. The van der Waals surface area contributed by atoms with E-state index in [0.29, 0.717) is 12.8 Å². The molecule has 1 N–H and O–H groups in total. The standard InChI is InChI=1S/C16H22N2O5/c1-16(2,3)17(15(20)23-7-6-19)14-8-11-4-5-13(18(21)22)9-12(11)10-14/h4-5,9,14,19H,6-8,10H2,1-3H3. The van der Waals surface area contributed by atoms with Gasteiger partial charge in [-0.1, -0.05) is 6.07 Å². The number of hydrogen-bond donors (Lipinski definition) is 1. The van der Waals surface area contributed by atoms with Crippen LogP contribution in [0.5, 0.6) is 0 Å². The molecule has 1 aromatic carbocycles. The van der Waals surface area contributed by atoms with Crippen LogP contribution in [-0.2, 0) is 17.6 Å². The van der Waals surface area contributed by atoms with Gasteiger partial charge in [-0.15, -0.1) is 0 Å². The molecule has 1 atom stereocenters. The molecule has 1 aromatic rings. The molecule has 126 valence electrons. The van der Waals surface area contributed by atoms with E-state index < -0.39 is 16.6 Å². The van der Waals surface area contributed by atoms with Crippen LogP contribution in [0.4, 0.5) is 10.5 Å². The number of non-ortho nitro benzene ring substituents is 1. The molecule has 7 heteroatoms. The summed E-state index contributed by atoms with van der Waals surface area (Å²) in [6, 6.07) is 4.72. The van der Waals surface area contributed by atoms with E-state index >= 15 is 0 Å². The molecule has 0 radical (unpaired) electrons. The van der Waals surface area contributed by atoms with E-state index in [2.05, 4.69) is 0 Å². The lowest BCUT2D eigenvalue weighted by atomic mass is 10.0. The average molecular weight is 322 g/mol. The summed E-state index contributed by atoms with van der Waals surface area (Å²) in [5.74, 6) is 0. The second-order valence-corrected chi connectivity index (χ2v) is 6.65. The molecule has 0 saturated heterocycles. The highest BCUT2D eigenvalue weighted by Crippen LogP contribution is 2.32. The molecule has 23 heavy (non-hydrogen) atoms. The molecule has 1 amide bonds. The summed E-state index contributed by atoms with van der Waals surface area (Å²) < 4.78 is 5.08. The average Bonchev–Trinajstić information content (AvgIpc) is 2.85. The van der Waals surface area contributed by atoms with Crippen LogP contribution in [0.15, 0.2) is 18.2 Å².